The molecule has 0 bridgehead atoms. The molecular formula is C19H23N3O4. The van der Waals surface area contributed by atoms with Gasteiger partial charge in [-0.2, -0.15) is 5.10 Å². The van der Waals surface area contributed by atoms with Crippen LogP contribution >= 0.6 is 0 Å². The normalized spacial score (nSPS) is 23.9. The van der Waals surface area contributed by atoms with Crippen molar-refractivity contribution in [3.8, 4) is 5.69 Å². The zero-order chi connectivity index (χ0) is 18.9. The van der Waals surface area contributed by atoms with E-state index in [1.807, 2.05) is 37.3 Å². The van der Waals surface area contributed by atoms with Crippen molar-refractivity contribution in [3.63, 3.8) is 0 Å². The molecule has 1 heterocycles. The molecule has 1 saturated carbocycles. The lowest BCUT2D eigenvalue weighted by atomic mass is 9.54. The predicted octanol–water partition coefficient (Wildman–Crippen LogP) is 2.26. The number of carbonyl (C=O) groups excluding carboxylic acids is 1. The monoisotopic (exact) mass is 357 g/mol. The summed E-state index contributed by atoms with van der Waals surface area (Å²) in [6, 6.07) is 11.0. The van der Waals surface area contributed by atoms with E-state index >= 15 is 0 Å². The number of aliphatic carboxylic acids is 1. The summed E-state index contributed by atoms with van der Waals surface area (Å²) in [5, 5.41) is 16.7. The van der Waals surface area contributed by atoms with Crippen LogP contribution in [0.2, 0.25) is 0 Å². The van der Waals surface area contributed by atoms with Gasteiger partial charge in [0, 0.05) is 24.6 Å². The molecule has 2 atom stereocenters. The zero-order valence-corrected chi connectivity index (χ0v) is 15.1. The molecule has 0 saturated heterocycles. The lowest BCUT2D eigenvalue weighted by Gasteiger charge is -2.58. The Morgan fingerprint density at radius 2 is 2.00 bits per heavy atom. The number of carbonyl (C=O) groups is 2. The van der Waals surface area contributed by atoms with Crippen LogP contribution in [0, 0.1) is 5.41 Å². The molecule has 1 amide bonds. The summed E-state index contributed by atoms with van der Waals surface area (Å²) >= 11 is 0. The fraction of sp³-hybridized carbons (Fsp3) is 0.421. The molecule has 0 aliphatic heterocycles. The van der Waals surface area contributed by atoms with Gasteiger partial charge < -0.3 is 15.2 Å². The third kappa shape index (κ3) is 2.78. The van der Waals surface area contributed by atoms with Crippen molar-refractivity contribution in [2.45, 2.75) is 38.8 Å². The van der Waals surface area contributed by atoms with Gasteiger partial charge in [0.05, 0.1) is 11.8 Å². The van der Waals surface area contributed by atoms with Gasteiger partial charge in [0.15, 0.2) is 5.69 Å². The van der Waals surface area contributed by atoms with Crippen LogP contribution in [0.15, 0.2) is 42.6 Å². The van der Waals surface area contributed by atoms with Gasteiger partial charge in [-0.1, -0.05) is 32.0 Å². The molecule has 1 aliphatic rings. The van der Waals surface area contributed by atoms with Gasteiger partial charge in [-0.3, -0.25) is 4.79 Å². The number of ether oxygens (including phenoxy) is 1. The van der Waals surface area contributed by atoms with Crippen LogP contribution in [0.1, 0.15) is 37.7 Å². The molecule has 7 heteroatoms. The first kappa shape index (κ1) is 18.1. The van der Waals surface area contributed by atoms with Gasteiger partial charge in [0.25, 0.3) is 5.91 Å². The molecule has 26 heavy (non-hydrogen) atoms. The summed E-state index contributed by atoms with van der Waals surface area (Å²) in [6.07, 6.45) is 1.69. The molecule has 2 unspecified atom stereocenters. The van der Waals surface area contributed by atoms with Crippen LogP contribution in [0.5, 0.6) is 0 Å². The average molecular weight is 357 g/mol. The van der Waals surface area contributed by atoms with Gasteiger partial charge in [-0.05, 0) is 25.1 Å². The Morgan fingerprint density at radius 3 is 2.58 bits per heavy atom. The Kier molecular flexibility index (Phi) is 4.58. The third-order valence-electron chi connectivity index (χ3n) is 5.30. The van der Waals surface area contributed by atoms with Gasteiger partial charge in [-0.15, -0.1) is 0 Å². The third-order valence-corrected chi connectivity index (χ3v) is 5.30. The summed E-state index contributed by atoms with van der Waals surface area (Å²) in [7, 11) is 0. The maximum Gasteiger partial charge on any atom is 0.330 e. The summed E-state index contributed by atoms with van der Waals surface area (Å²) < 4.78 is 7.19. The second-order valence-electron chi connectivity index (χ2n) is 7.02. The molecule has 1 aromatic heterocycles. The highest BCUT2D eigenvalue weighted by molar-refractivity contribution is 5.97. The zero-order valence-electron chi connectivity index (χ0n) is 15.1. The number of hydrogen-bond donors (Lipinski definition) is 2. The van der Waals surface area contributed by atoms with Crippen LogP contribution in [-0.4, -0.2) is 45.0 Å². The van der Waals surface area contributed by atoms with E-state index in [2.05, 4.69) is 10.4 Å². The van der Waals surface area contributed by atoms with Crippen molar-refractivity contribution in [2.24, 2.45) is 5.41 Å². The molecule has 138 valence electrons. The SMILES string of the molecule is CCOC1CC(NC(=O)c2ccn(-c3ccccc3)n2)(C(=O)O)C1(C)C. The summed E-state index contributed by atoms with van der Waals surface area (Å²) in [5.41, 5.74) is -1.11. The van der Waals surface area contributed by atoms with Gasteiger partial charge >= 0.3 is 5.97 Å². The molecule has 0 radical (unpaired) electrons. The maximum atomic E-state index is 12.7. The van der Waals surface area contributed by atoms with Crippen LogP contribution < -0.4 is 5.32 Å². The number of carboxylic acid groups (broad SMARTS) is 1. The van der Waals surface area contributed by atoms with Crippen molar-refractivity contribution < 1.29 is 19.4 Å². The van der Waals surface area contributed by atoms with E-state index in [1.165, 1.54) is 0 Å². The molecular weight excluding hydrogens is 334 g/mol. The molecule has 2 N–H and O–H groups in total. The maximum absolute atomic E-state index is 12.7. The van der Waals surface area contributed by atoms with Crippen molar-refractivity contribution >= 4 is 11.9 Å². The van der Waals surface area contributed by atoms with E-state index in [1.54, 1.807) is 30.8 Å². The van der Waals surface area contributed by atoms with E-state index in [-0.39, 0.29) is 18.2 Å². The molecule has 1 fully saturated rings. The van der Waals surface area contributed by atoms with Crippen LogP contribution in [0.25, 0.3) is 5.69 Å². The summed E-state index contributed by atoms with van der Waals surface area (Å²) in [4.78, 5) is 24.6. The molecule has 2 aromatic rings. The van der Waals surface area contributed by atoms with Crippen molar-refractivity contribution in [2.75, 3.05) is 6.61 Å². The van der Waals surface area contributed by atoms with Crippen molar-refractivity contribution in [1.82, 2.24) is 15.1 Å². The highest BCUT2D eigenvalue weighted by Gasteiger charge is 2.66. The minimum Gasteiger partial charge on any atom is -0.479 e. The van der Waals surface area contributed by atoms with E-state index in [0.29, 0.717) is 6.61 Å². The largest absolute Gasteiger partial charge is 0.479 e. The van der Waals surface area contributed by atoms with Crippen molar-refractivity contribution in [3.05, 3.63) is 48.3 Å². The summed E-state index contributed by atoms with van der Waals surface area (Å²) in [5.74, 6) is -1.57. The van der Waals surface area contributed by atoms with Gasteiger partial charge in [-0.25, -0.2) is 9.48 Å². The number of nitrogens with zero attached hydrogens (tertiary/aromatic N) is 2. The first-order valence-corrected chi connectivity index (χ1v) is 8.60. The van der Waals surface area contributed by atoms with E-state index in [0.717, 1.165) is 5.69 Å². The second-order valence-corrected chi connectivity index (χ2v) is 7.02. The predicted molar refractivity (Wildman–Crippen MR) is 95.2 cm³/mol. The Labute approximate surface area is 152 Å². The van der Waals surface area contributed by atoms with Crippen LogP contribution in [-0.2, 0) is 9.53 Å². The lowest BCUT2D eigenvalue weighted by Crippen LogP contribution is -2.76. The molecule has 1 aromatic carbocycles. The average Bonchev–Trinajstić information content (AvgIpc) is 3.11. The smallest absolute Gasteiger partial charge is 0.330 e. The number of para-hydroxylation sites is 1. The first-order valence-electron chi connectivity index (χ1n) is 8.60. The van der Waals surface area contributed by atoms with Gasteiger partial charge in [0.2, 0.25) is 0 Å². The standard InChI is InChI=1S/C19H23N3O4/c1-4-26-15-12-19(17(24)25,18(15,2)3)20-16(23)14-10-11-22(21-14)13-8-6-5-7-9-13/h5-11,15H,4,12H2,1-3H3,(H,20,23)(H,24,25). The minimum absolute atomic E-state index is 0.171. The van der Waals surface area contributed by atoms with Crippen LogP contribution in [0.4, 0.5) is 0 Å². The topological polar surface area (TPSA) is 93.5 Å². The number of aromatic nitrogens is 2. The lowest BCUT2D eigenvalue weighted by molar-refractivity contribution is -0.190. The van der Waals surface area contributed by atoms with E-state index < -0.39 is 22.8 Å². The quantitative estimate of drug-likeness (QED) is 0.827. The van der Waals surface area contributed by atoms with Crippen LogP contribution in [0.3, 0.4) is 0 Å². The Hall–Kier alpha value is -2.67. The second kappa shape index (κ2) is 6.57. The highest BCUT2D eigenvalue weighted by atomic mass is 16.5. The number of carboxylic acids is 1. The Bertz CT molecular complexity index is 815. The van der Waals surface area contributed by atoms with Crippen molar-refractivity contribution in [1.29, 1.82) is 0 Å². The Balaban J connectivity index is 1.80. The summed E-state index contributed by atoms with van der Waals surface area (Å²) in [6.45, 7) is 5.96. The van der Waals surface area contributed by atoms with E-state index in [4.69, 9.17) is 4.74 Å². The molecule has 1 aliphatic carbocycles. The number of hydrogen-bond acceptors (Lipinski definition) is 4. The molecule has 7 nitrogen and oxygen atoms in total. The molecule has 0 spiro atoms. The van der Waals surface area contributed by atoms with E-state index in [9.17, 15) is 14.7 Å². The minimum atomic E-state index is -1.37. The molecule has 3 rings (SSSR count). The fourth-order valence-corrected chi connectivity index (χ4v) is 3.46. The fourth-order valence-electron chi connectivity index (χ4n) is 3.46. The number of benzene rings is 1. The number of nitrogens with one attached hydrogen (secondary N) is 1. The Morgan fingerprint density at radius 1 is 1.31 bits per heavy atom. The number of rotatable bonds is 6. The number of amides is 1. The van der Waals surface area contributed by atoms with Gasteiger partial charge in [0.1, 0.15) is 5.54 Å². The highest BCUT2D eigenvalue weighted by Crippen LogP contribution is 2.51. The first-order chi connectivity index (χ1) is 12.3.